The normalized spacial score (nSPS) is 30.3. The molecule has 0 saturated carbocycles. The molecule has 0 amide bonds. The predicted octanol–water partition coefficient (Wildman–Crippen LogP) is 2.31. The summed E-state index contributed by atoms with van der Waals surface area (Å²) in [5.41, 5.74) is 6.42. The van der Waals surface area contributed by atoms with Crippen LogP contribution in [-0.4, -0.2) is 54.6 Å². The lowest BCUT2D eigenvalue weighted by Crippen LogP contribution is -2.60. The van der Waals surface area contributed by atoms with Crippen molar-refractivity contribution in [2.45, 2.75) is 65.0 Å². The second kappa shape index (κ2) is 6.55. The Balaban J connectivity index is 1.99. The Hall–Kier alpha value is -0.120. The van der Waals surface area contributed by atoms with E-state index in [2.05, 4.69) is 30.6 Å². The van der Waals surface area contributed by atoms with Crippen molar-refractivity contribution in [3.8, 4) is 0 Å². The van der Waals surface area contributed by atoms with Crippen molar-refractivity contribution in [2.75, 3.05) is 32.7 Å². The highest BCUT2D eigenvalue weighted by molar-refractivity contribution is 4.92. The number of hydrogen-bond acceptors (Lipinski definition) is 3. The fraction of sp³-hybridized carbons (Fsp3) is 1.00. The van der Waals surface area contributed by atoms with E-state index in [1.165, 1.54) is 58.3 Å². The Bertz CT molecular complexity index is 267. The molecule has 2 saturated heterocycles. The van der Waals surface area contributed by atoms with Gasteiger partial charge in [0.15, 0.2) is 0 Å². The second-order valence-corrected chi connectivity index (χ2v) is 6.83. The minimum absolute atomic E-state index is 0.338. The highest BCUT2D eigenvalue weighted by Gasteiger charge is 2.36. The molecule has 0 aromatic rings. The van der Waals surface area contributed by atoms with Crippen LogP contribution < -0.4 is 5.73 Å². The fourth-order valence-corrected chi connectivity index (χ4v) is 3.89. The van der Waals surface area contributed by atoms with Gasteiger partial charge in [-0.2, -0.15) is 0 Å². The molecule has 2 N–H and O–H groups in total. The SMILES string of the molecule is CCC(CC)(CN)CN1CC2CCCCN2CC1C. The summed E-state index contributed by atoms with van der Waals surface area (Å²) in [7, 11) is 0. The molecule has 112 valence electrons. The lowest BCUT2D eigenvalue weighted by Gasteiger charge is -2.50. The summed E-state index contributed by atoms with van der Waals surface area (Å²) in [6, 6.07) is 1.51. The molecule has 0 radical (unpaired) electrons. The topological polar surface area (TPSA) is 32.5 Å². The molecule has 0 aromatic carbocycles. The number of nitrogens with zero attached hydrogens (tertiary/aromatic N) is 2. The maximum Gasteiger partial charge on any atom is 0.0223 e. The van der Waals surface area contributed by atoms with Crippen molar-refractivity contribution in [1.29, 1.82) is 0 Å². The molecule has 2 aliphatic heterocycles. The Morgan fingerprint density at radius 1 is 1.16 bits per heavy atom. The first kappa shape index (κ1) is 15.3. The van der Waals surface area contributed by atoms with E-state index in [1.807, 2.05) is 0 Å². The van der Waals surface area contributed by atoms with Crippen LogP contribution >= 0.6 is 0 Å². The summed E-state index contributed by atoms with van der Waals surface area (Å²) in [5, 5.41) is 0. The maximum absolute atomic E-state index is 6.09. The molecule has 19 heavy (non-hydrogen) atoms. The van der Waals surface area contributed by atoms with E-state index in [4.69, 9.17) is 5.73 Å². The van der Waals surface area contributed by atoms with Gasteiger partial charge in [0, 0.05) is 31.7 Å². The number of piperidine rings is 1. The molecular formula is C16H33N3. The Morgan fingerprint density at radius 3 is 2.53 bits per heavy atom. The lowest BCUT2D eigenvalue weighted by atomic mass is 9.81. The molecule has 2 aliphatic rings. The molecule has 0 bridgehead atoms. The maximum atomic E-state index is 6.09. The molecule has 2 atom stereocenters. The van der Waals surface area contributed by atoms with Crippen LogP contribution in [0, 0.1) is 5.41 Å². The molecule has 2 rings (SSSR count). The van der Waals surface area contributed by atoms with Crippen molar-refractivity contribution in [1.82, 2.24) is 9.80 Å². The number of piperazine rings is 1. The summed E-state index contributed by atoms with van der Waals surface area (Å²) in [4.78, 5) is 5.46. The molecule has 0 aromatic heterocycles. The minimum Gasteiger partial charge on any atom is -0.330 e. The number of fused-ring (bicyclic) bond motifs is 1. The van der Waals surface area contributed by atoms with Gasteiger partial charge in [-0.05, 0) is 51.1 Å². The third-order valence-corrected chi connectivity index (χ3v) is 5.79. The predicted molar refractivity (Wildman–Crippen MR) is 82.3 cm³/mol. The molecular weight excluding hydrogens is 234 g/mol. The summed E-state index contributed by atoms with van der Waals surface area (Å²) >= 11 is 0. The van der Waals surface area contributed by atoms with Gasteiger partial charge in [0.05, 0.1) is 0 Å². The van der Waals surface area contributed by atoms with E-state index in [0.29, 0.717) is 11.5 Å². The number of rotatable bonds is 5. The van der Waals surface area contributed by atoms with Crippen LogP contribution in [-0.2, 0) is 0 Å². The van der Waals surface area contributed by atoms with Crippen LogP contribution in [0.5, 0.6) is 0 Å². The van der Waals surface area contributed by atoms with E-state index < -0.39 is 0 Å². The first-order chi connectivity index (χ1) is 9.14. The van der Waals surface area contributed by atoms with Crippen molar-refractivity contribution in [2.24, 2.45) is 11.1 Å². The first-order valence-electron chi connectivity index (χ1n) is 8.32. The van der Waals surface area contributed by atoms with Crippen LogP contribution in [0.15, 0.2) is 0 Å². The second-order valence-electron chi connectivity index (χ2n) is 6.83. The fourth-order valence-electron chi connectivity index (χ4n) is 3.89. The van der Waals surface area contributed by atoms with Crippen LogP contribution in [0.4, 0.5) is 0 Å². The van der Waals surface area contributed by atoms with Crippen LogP contribution in [0.25, 0.3) is 0 Å². The van der Waals surface area contributed by atoms with Crippen LogP contribution in [0.3, 0.4) is 0 Å². The molecule has 0 spiro atoms. The van der Waals surface area contributed by atoms with Gasteiger partial charge in [-0.3, -0.25) is 9.80 Å². The van der Waals surface area contributed by atoms with E-state index in [9.17, 15) is 0 Å². The quantitative estimate of drug-likeness (QED) is 0.829. The lowest BCUT2D eigenvalue weighted by molar-refractivity contribution is -0.00755. The van der Waals surface area contributed by atoms with Gasteiger partial charge in [-0.25, -0.2) is 0 Å². The number of hydrogen-bond donors (Lipinski definition) is 1. The zero-order valence-electron chi connectivity index (χ0n) is 13.2. The summed E-state index contributed by atoms with van der Waals surface area (Å²) in [6.07, 6.45) is 6.64. The molecule has 2 heterocycles. The van der Waals surface area contributed by atoms with E-state index in [0.717, 1.165) is 12.6 Å². The standard InChI is InChI=1S/C16H33N3/c1-4-16(5-2,12-17)13-19-11-15-8-6-7-9-18(15)10-14(19)3/h14-15H,4-13,17H2,1-3H3. The molecule has 2 fully saturated rings. The number of nitrogens with two attached hydrogens (primary N) is 1. The molecule has 3 heteroatoms. The van der Waals surface area contributed by atoms with Gasteiger partial charge in [-0.1, -0.05) is 20.3 Å². The zero-order chi connectivity index (χ0) is 13.9. The summed E-state index contributed by atoms with van der Waals surface area (Å²) in [5.74, 6) is 0. The minimum atomic E-state index is 0.338. The zero-order valence-corrected chi connectivity index (χ0v) is 13.2. The van der Waals surface area contributed by atoms with E-state index in [1.54, 1.807) is 0 Å². The van der Waals surface area contributed by atoms with Crippen molar-refractivity contribution in [3.05, 3.63) is 0 Å². The molecule has 2 unspecified atom stereocenters. The Morgan fingerprint density at radius 2 is 1.89 bits per heavy atom. The van der Waals surface area contributed by atoms with Gasteiger partial charge < -0.3 is 5.73 Å². The van der Waals surface area contributed by atoms with Crippen molar-refractivity contribution < 1.29 is 0 Å². The van der Waals surface area contributed by atoms with Gasteiger partial charge in [0.2, 0.25) is 0 Å². The molecule has 0 aliphatic carbocycles. The highest BCUT2D eigenvalue weighted by atomic mass is 15.3. The van der Waals surface area contributed by atoms with Crippen molar-refractivity contribution >= 4 is 0 Å². The third kappa shape index (κ3) is 3.32. The van der Waals surface area contributed by atoms with Gasteiger partial charge in [0.25, 0.3) is 0 Å². The summed E-state index contributed by atoms with van der Waals surface area (Å²) < 4.78 is 0. The van der Waals surface area contributed by atoms with E-state index in [-0.39, 0.29) is 0 Å². The average molecular weight is 267 g/mol. The smallest absolute Gasteiger partial charge is 0.0223 e. The van der Waals surface area contributed by atoms with Gasteiger partial charge in [-0.15, -0.1) is 0 Å². The van der Waals surface area contributed by atoms with Gasteiger partial charge in [0.1, 0.15) is 0 Å². The highest BCUT2D eigenvalue weighted by Crippen LogP contribution is 2.30. The Labute approximate surface area is 119 Å². The average Bonchev–Trinajstić information content (AvgIpc) is 2.45. The van der Waals surface area contributed by atoms with Crippen molar-refractivity contribution in [3.63, 3.8) is 0 Å². The van der Waals surface area contributed by atoms with Gasteiger partial charge >= 0.3 is 0 Å². The third-order valence-electron chi connectivity index (χ3n) is 5.79. The van der Waals surface area contributed by atoms with Crippen LogP contribution in [0.1, 0.15) is 52.9 Å². The Kier molecular flexibility index (Phi) is 5.27. The van der Waals surface area contributed by atoms with E-state index >= 15 is 0 Å². The van der Waals surface area contributed by atoms with Crippen LogP contribution in [0.2, 0.25) is 0 Å². The molecule has 3 nitrogen and oxygen atoms in total. The first-order valence-corrected chi connectivity index (χ1v) is 8.32. The largest absolute Gasteiger partial charge is 0.330 e. The summed E-state index contributed by atoms with van der Waals surface area (Å²) in [6.45, 7) is 12.9. The monoisotopic (exact) mass is 267 g/mol.